The molecule has 68 heavy (non-hydrogen) atoms. The van der Waals surface area contributed by atoms with Gasteiger partial charge in [-0.25, -0.2) is 4.79 Å². The largest absolute Gasteiger partial charge is 0.507 e. The lowest BCUT2D eigenvalue weighted by atomic mass is 9.80. The highest BCUT2D eigenvalue weighted by Crippen LogP contribution is 2.48. The number of nitrogens with zero attached hydrogens (tertiary/aromatic N) is 3. The molecule has 1 fully saturated rings. The second kappa shape index (κ2) is 22.5. The number of likely N-dealkylation sites (N-methyl/N-ethyl adjacent to an activating group) is 1. The van der Waals surface area contributed by atoms with Crippen molar-refractivity contribution in [2.24, 2.45) is 5.16 Å². The first kappa shape index (κ1) is 50.0. The van der Waals surface area contributed by atoms with Gasteiger partial charge in [0.2, 0.25) is 5.91 Å². The van der Waals surface area contributed by atoms with Gasteiger partial charge in [-0.1, -0.05) is 91.3 Å². The summed E-state index contributed by atoms with van der Waals surface area (Å²) in [5.41, 5.74) is 6.53. The summed E-state index contributed by atoms with van der Waals surface area (Å²) >= 11 is 6.59. The number of phenolic OH excluding ortho intramolecular Hbond substituents is 2. The van der Waals surface area contributed by atoms with Crippen LogP contribution in [-0.4, -0.2) is 90.6 Å². The Bertz CT molecular complexity index is 2470. The number of aromatic hydroxyl groups is 2. The minimum absolute atomic E-state index is 0.000893. The highest BCUT2D eigenvalue weighted by molar-refractivity contribution is 6.33. The molecule has 4 aliphatic heterocycles. The molecule has 3 aromatic carbocycles. The fraction of sp³-hybridized carbons (Fsp3) is 0.455. The minimum Gasteiger partial charge on any atom is -0.507 e. The number of phenols is 2. The Balaban J connectivity index is 0.951. The van der Waals surface area contributed by atoms with E-state index in [-0.39, 0.29) is 58.4 Å². The molecule has 0 saturated carbocycles. The number of fused-ring (bicyclic) bond motifs is 3. The number of hydrogen-bond donors (Lipinski definition) is 4. The van der Waals surface area contributed by atoms with Crippen LogP contribution in [0.5, 0.6) is 11.5 Å². The van der Waals surface area contributed by atoms with E-state index in [9.17, 15) is 24.6 Å². The van der Waals surface area contributed by atoms with E-state index in [4.69, 9.17) is 21.2 Å². The number of para-hydroxylation sites is 2. The van der Waals surface area contributed by atoms with E-state index < -0.39 is 23.6 Å². The number of unbranched alkanes of at least 4 members (excludes halogenated alkanes) is 1. The fourth-order valence-electron chi connectivity index (χ4n) is 10.3. The number of hydrogen-bond acceptors (Lipinski definition) is 9. The zero-order valence-corrected chi connectivity index (χ0v) is 41.1. The number of carbonyl (C=O) groups excluding carboxylic acids is 3. The first-order chi connectivity index (χ1) is 32.7. The van der Waals surface area contributed by atoms with Gasteiger partial charge >= 0.3 is 5.97 Å². The third kappa shape index (κ3) is 11.5. The Morgan fingerprint density at radius 3 is 2.49 bits per heavy atom. The lowest BCUT2D eigenvalue weighted by Gasteiger charge is -2.27. The first-order valence-corrected chi connectivity index (χ1v) is 24.7. The lowest BCUT2D eigenvalue weighted by molar-refractivity contribution is -0.828. The van der Waals surface area contributed by atoms with E-state index in [1.54, 1.807) is 11.0 Å². The van der Waals surface area contributed by atoms with Crippen LogP contribution < -0.4 is 15.1 Å². The van der Waals surface area contributed by atoms with E-state index in [1.807, 2.05) is 18.2 Å². The Hall–Kier alpha value is -5.85. The van der Waals surface area contributed by atoms with E-state index in [0.717, 1.165) is 38.3 Å². The van der Waals surface area contributed by atoms with Gasteiger partial charge in [-0.3, -0.25) is 14.5 Å². The predicted octanol–water partition coefficient (Wildman–Crippen LogP) is 8.92. The second-order valence-electron chi connectivity index (χ2n) is 19.5. The normalized spacial score (nSPS) is 23.4. The molecule has 2 amide bonds. The fourth-order valence-corrected chi connectivity index (χ4v) is 10.5. The Kier molecular flexibility index (Phi) is 16.6. The monoisotopic (exact) mass is 946 g/mol. The molecule has 4 aliphatic rings. The highest BCUT2D eigenvalue weighted by atomic mass is 35.5. The van der Waals surface area contributed by atoms with Crippen LogP contribution in [0.25, 0.3) is 0 Å². The SMILES string of the molecule is C[NH+]1c2ccccc2C(C)(C)C1/C=C/C=C1/N(CCCCC(=O)NCCC2C/C=C/CC/C=C/C(=N\OCC(=O)N3CCCCC3)Cc3c(Cl)c(O)cc(O)c3C(=O)O2)c2ccccc2C1(C)C. The number of oxime groups is 1. The van der Waals surface area contributed by atoms with Crippen molar-refractivity contribution in [2.45, 2.75) is 121 Å². The van der Waals surface area contributed by atoms with Gasteiger partial charge in [0, 0.05) is 80.3 Å². The predicted molar refractivity (Wildman–Crippen MR) is 269 cm³/mol. The molecular formula is C55H69ClN5O7+. The summed E-state index contributed by atoms with van der Waals surface area (Å²) in [7, 11) is 2.26. The number of quaternary nitrogens is 1. The van der Waals surface area contributed by atoms with Crippen molar-refractivity contribution in [3.05, 3.63) is 130 Å². The minimum atomic E-state index is -0.831. The van der Waals surface area contributed by atoms with Gasteiger partial charge < -0.3 is 34.9 Å². The molecule has 12 nitrogen and oxygen atoms in total. The molecule has 0 aliphatic carbocycles. The van der Waals surface area contributed by atoms with Crippen molar-refractivity contribution in [1.82, 2.24) is 10.2 Å². The number of allylic oxidation sites excluding steroid dienone is 6. The molecule has 13 heteroatoms. The summed E-state index contributed by atoms with van der Waals surface area (Å²) in [6.45, 7) is 11.4. The van der Waals surface area contributed by atoms with Crippen molar-refractivity contribution in [3.8, 4) is 11.5 Å². The maximum absolute atomic E-state index is 13.9. The molecule has 4 heterocycles. The van der Waals surface area contributed by atoms with Gasteiger partial charge in [0.25, 0.3) is 5.91 Å². The molecule has 3 aromatic rings. The van der Waals surface area contributed by atoms with Crippen LogP contribution in [0.2, 0.25) is 5.02 Å². The molecule has 1 saturated heterocycles. The Labute approximate surface area is 407 Å². The van der Waals surface area contributed by atoms with E-state index in [1.165, 1.54) is 33.1 Å². The van der Waals surface area contributed by atoms with E-state index >= 15 is 0 Å². The van der Waals surface area contributed by atoms with Gasteiger partial charge in [-0.2, -0.15) is 0 Å². The maximum Gasteiger partial charge on any atom is 0.342 e. The van der Waals surface area contributed by atoms with Crippen LogP contribution in [0.3, 0.4) is 0 Å². The zero-order valence-electron chi connectivity index (χ0n) is 40.4. The van der Waals surface area contributed by atoms with Crippen molar-refractivity contribution in [1.29, 1.82) is 0 Å². The number of halogens is 1. The van der Waals surface area contributed by atoms with Crippen molar-refractivity contribution < 1.29 is 39.1 Å². The van der Waals surface area contributed by atoms with Crippen LogP contribution in [0, 0.1) is 0 Å². The standard InChI is InChI=1S/C55H68ClN5O7/c1-54(2)41-23-12-14-25-43(41)59(5)47(54)27-20-28-48-55(3,4)42-24-13-15-26-44(42)61(48)34-19-16-29-49(64)57-31-30-39-22-11-8-6-7-10-21-38(58-67-37-50(65)60-32-17-9-18-33-60)35-40-51(53(66)68-39)45(62)36-46(63)52(40)56/h8,10-15,20-21,23-28,36,39,47,62-63H,6-7,9,16-19,22,29-35,37H2,1-5H3,(H,57,64)/p+1/b11-8+,21-10+,27-20+,48-28+,58-38+. The second-order valence-corrected chi connectivity index (χ2v) is 19.9. The van der Waals surface area contributed by atoms with Crippen LogP contribution in [-0.2, 0) is 36.4 Å². The third-order valence-electron chi connectivity index (χ3n) is 14.1. The van der Waals surface area contributed by atoms with Gasteiger partial charge in [-0.05, 0) is 100 Å². The van der Waals surface area contributed by atoms with Crippen molar-refractivity contribution in [3.63, 3.8) is 0 Å². The summed E-state index contributed by atoms with van der Waals surface area (Å²) in [6, 6.07) is 18.7. The number of rotatable bonds is 13. The molecule has 0 spiro atoms. The number of anilines is 1. The molecule has 0 bridgehead atoms. The number of amides is 2. The van der Waals surface area contributed by atoms with Gasteiger partial charge in [-0.15, -0.1) is 0 Å². The van der Waals surface area contributed by atoms with Gasteiger partial charge in [0.15, 0.2) is 6.61 Å². The number of ether oxygens (including phenoxy) is 1. The lowest BCUT2D eigenvalue weighted by Crippen LogP contribution is -3.07. The zero-order chi connectivity index (χ0) is 48.4. The van der Waals surface area contributed by atoms with E-state index in [0.29, 0.717) is 63.4 Å². The van der Waals surface area contributed by atoms with Crippen LogP contribution in [0.4, 0.5) is 11.4 Å². The summed E-state index contributed by atoms with van der Waals surface area (Å²) in [4.78, 5) is 50.9. The molecule has 3 atom stereocenters. The molecule has 0 aromatic heterocycles. The Morgan fingerprint density at radius 1 is 0.971 bits per heavy atom. The van der Waals surface area contributed by atoms with Crippen LogP contribution in [0.1, 0.15) is 119 Å². The first-order valence-electron chi connectivity index (χ1n) is 24.4. The smallest absolute Gasteiger partial charge is 0.342 e. The van der Waals surface area contributed by atoms with Crippen LogP contribution in [0.15, 0.2) is 108 Å². The van der Waals surface area contributed by atoms with E-state index in [2.05, 4.69) is 117 Å². The number of likely N-dealkylation sites (tertiary alicyclic amines) is 1. The average Bonchev–Trinajstić information content (AvgIpc) is 3.65. The van der Waals surface area contributed by atoms with Gasteiger partial charge in [0.1, 0.15) is 34.9 Å². The summed E-state index contributed by atoms with van der Waals surface area (Å²) < 4.78 is 5.99. The molecule has 7 rings (SSSR count). The summed E-state index contributed by atoms with van der Waals surface area (Å²) in [5.74, 6) is -1.98. The molecule has 3 unspecified atom stereocenters. The highest BCUT2D eigenvalue weighted by Gasteiger charge is 2.46. The number of cyclic esters (lactones) is 1. The average molecular weight is 948 g/mol. The van der Waals surface area contributed by atoms with Crippen molar-refractivity contribution in [2.75, 3.05) is 44.7 Å². The number of piperidine rings is 1. The summed E-state index contributed by atoms with van der Waals surface area (Å²) in [6.07, 6.45) is 20.7. The maximum atomic E-state index is 13.9. The van der Waals surface area contributed by atoms with Crippen molar-refractivity contribution >= 4 is 46.5 Å². The van der Waals surface area contributed by atoms with Gasteiger partial charge in [0.05, 0.1) is 23.2 Å². The topological polar surface area (TPSA) is 145 Å². The molecular weight excluding hydrogens is 878 g/mol. The summed E-state index contributed by atoms with van der Waals surface area (Å²) in [5, 5.41) is 28.7. The quantitative estimate of drug-likeness (QED) is 0.0576. The number of benzene rings is 3. The molecule has 362 valence electrons. The third-order valence-corrected chi connectivity index (χ3v) is 14.5. The number of carbonyl (C=O) groups is 3. The number of nitrogens with one attached hydrogen (secondary N) is 2. The van der Waals surface area contributed by atoms with Crippen LogP contribution >= 0.6 is 11.6 Å². The molecule has 0 radical (unpaired) electrons. The molecule has 4 N–H and O–H groups in total. The number of esters is 1. The Morgan fingerprint density at radius 2 is 1.71 bits per heavy atom.